The number of amides is 2. The third-order valence-corrected chi connectivity index (χ3v) is 5.69. The number of ether oxygens (including phenoxy) is 1. The molecule has 0 saturated carbocycles. The molecule has 0 radical (unpaired) electrons. The summed E-state index contributed by atoms with van der Waals surface area (Å²) in [6, 6.07) is 17.1. The van der Waals surface area contributed by atoms with E-state index in [2.05, 4.69) is 17.6 Å². The zero-order chi connectivity index (χ0) is 26.2. The fourth-order valence-electron chi connectivity index (χ4n) is 3.84. The zero-order valence-electron chi connectivity index (χ0n) is 21.9. The van der Waals surface area contributed by atoms with Crippen molar-refractivity contribution in [2.24, 2.45) is 0 Å². The summed E-state index contributed by atoms with van der Waals surface area (Å²) in [5, 5.41) is 5.68. The molecule has 0 aromatic heterocycles. The maximum absolute atomic E-state index is 13.4. The molecule has 2 rings (SSSR count). The van der Waals surface area contributed by atoms with Crippen LogP contribution in [0.5, 0.6) is 0 Å². The second kappa shape index (κ2) is 15.7. The van der Waals surface area contributed by atoms with Crippen molar-refractivity contribution in [3.05, 3.63) is 71.8 Å². The molecule has 7 nitrogen and oxygen atoms in total. The van der Waals surface area contributed by atoms with Gasteiger partial charge in [0.2, 0.25) is 11.8 Å². The monoisotopic (exact) mass is 482 g/mol. The number of hydrogen-bond donors (Lipinski definition) is 2. The fraction of sp³-hybridized carbons (Fsp3) is 0.464. The number of esters is 1. The molecule has 0 aliphatic rings. The molecule has 2 amide bonds. The maximum atomic E-state index is 13.4. The van der Waals surface area contributed by atoms with Gasteiger partial charge in [-0.1, -0.05) is 80.9 Å². The van der Waals surface area contributed by atoms with Crippen LogP contribution in [0.4, 0.5) is 0 Å². The van der Waals surface area contributed by atoms with Crippen LogP contribution in [0.25, 0.3) is 0 Å². The van der Waals surface area contributed by atoms with Gasteiger partial charge in [0.1, 0.15) is 12.1 Å². The first-order chi connectivity index (χ1) is 17.5. The summed E-state index contributed by atoms with van der Waals surface area (Å²) in [6.07, 6.45) is 3.22. The minimum atomic E-state index is -0.877. The molecule has 0 bridgehead atoms. The van der Waals surface area contributed by atoms with Gasteiger partial charge in [-0.2, -0.15) is 0 Å². The van der Waals surface area contributed by atoms with Crippen molar-refractivity contribution >= 4 is 17.8 Å². The highest BCUT2D eigenvalue weighted by atomic mass is 16.5. The van der Waals surface area contributed by atoms with Gasteiger partial charge in [0, 0.05) is 14.2 Å². The van der Waals surface area contributed by atoms with Crippen LogP contribution in [0.2, 0.25) is 0 Å². The number of nitrogens with one attached hydrogen (secondary N) is 2. The van der Waals surface area contributed by atoms with Crippen LogP contribution >= 0.6 is 0 Å². The lowest BCUT2D eigenvalue weighted by atomic mass is 10.0. The van der Waals surface area contributed by atoms with E-state index in [1.807, 2.05) is 65.6 Å². The summed E-state index contributed by atoms with van der Waals surface area (Å²) in [5.41, 5.74) is 1.78. The van der Waals surface area contributed by atoms with Crippen molar-refractivity contribution in [1.29, 1.82) is 0 Å². The lowest BCUT2D eigenvalue weighted by Gasteiger charge is -2.25. The molecule has 0 aliphatic carbocycles. The summed E-state index contributed by atoms with van der Waals surface area (Å²) in [6.45, 7) is 3.98. The first-order valence-electron chi connectivity index (χ1n) is 12.9. The predicted molar refractivity (Wildman–Crippen MR) is 138 cm³/mol. The van der Waals surface area contributed by atoms with E-state index in [0.717, 1.165) is 30.5 Å². The number of hydrogen-bond acceptors (Lipinski definition) is 5. The summed E-state index contributed by atoms with van der Waals surface area (Å²) in [5.74, 6) is -1.24. The van der Waals surface area contributed by atoms with E-state index < -0.39 is 24.0 Å². The molecule has 35 heavy (non-hydrogen) atoms. The average molecular weight is 483 g/mol. The van der Waals surface area contributed by atoms with E-state index in [1.165, 1.54) is 7.11 Å². The molecule has 2 N–H and O–H groups in total. The minimum absolute atomic E-state index is 0.156. The standard InChI is InChI=1S/C28H39N3O4/c1-4-6-18-31(17-5-2)21-26(32)29-24(19-22-13-9-7-10-14-22)27(33)30-25(28(34)35-3)20-23-15-11-8-12-16-23/h7-16,24-25H,4-6,17-21H2,1-3H3,(H,29,32)(H,30,33)/t24-,25-/m1/s1/i2D. The van der Waals surface area contributed by atoms with E-state index >= 15 is 0 Å². The molecular formula is C28H39N3O4. The molecule has 190 valence electrons. The first kappa shape index (κ1) is 26.4. The van der Waals surface area contributed by atoms with Crippen LogP contribution in [0.3, 0.4) is 0 Å². The first-order valence-corrected chi connectivity index (χ1v) is 12.2. The lowest BCUT2D eigenvalue weighted by Crippen LogP contribution is -2.54. The summed E-state index contributed by atoms with van der Waals surface area (Å²) < 4.78 is 12.4. The van der Waals surface area contributed by atoms with Gasteiger partial charge in [0.15, 0.2) is 0 Å². The number of nitrogens with zero attached hydrogens (tertiary/aromatic N) is 1. The molecule has 0 spiro atoms. The fourth-order valence-corrected chi connectivity index (χ4v) is 3.84. The van der Waals surface area contributed by atoms with Crippen molar-refractivity contribution in [2.45, 2.75) is 58.0 Å². The van der Waals surface area contributed by atoms with Crippen molar-refractivity contribution in [3.8, 4) is 0 Å². The predicted octanol–water partition coefficient (Wildman–Crippen LogP) is 3.13. The van der Waals surface area contributed by atoms with Gasteiger partial charge in [-0.3, -0.25) is 14.5 Å². The molecule has 0 unspecified atom stereocenters. The Balaban J connectivity index is 2.15. The third-order valence-electron chi connectivity index (χ3n) is 5.69. The van der Waals surface area contributed by atoms with Crippen molar-refractivity contribution in [1.82, 2.24) is 15.5 Å². The quantitative estimate of drug-likeness (QED) is 0.381. The van der Waals surface area contributed by atoms with Gasteiger partial charge in [0.05, 0.1) is 13.7 Å². The second-order valence-electron chi connectivity index (χ2n) is 8.57. The Bertz CT molecular complexity index is 919. The molecule has 2 aromatic carbocycles. The average Bonchev–Trinajstić information content (AvgIpc) is 2.90. The van der Waals surface area contributed by atoms with Crippen LogP contribution in [0.15, 0.2) is 60.7 Å². The van der Waals surface area contributed by atoms with Gasteiger partial charge < -0.3 is 15.4 Å². The Morgan fingerprint density at radius 2 is 1.49 bits per heavy atom. The highest BCUT2D eigenvalue weighted by Gasteiger charge is 2.28. The number of carbonyl (C=O) groups is 3. The highest BCUT2D eigenvalue weighted by molar-refractivity contribution is 5.91. The summed E-state index contributed by atoms with van der Waals surface area (Å²) in [4.78, 5) is 40.8. The summed E-state index contributed by atoms with van der Waals surface area (Å²) >= 11 is 0. The van der Waals surface area contributed by atoms with E-state index in [4.69, 9.17) is 6.11 Å². The number of benzene rings is 2. The Morgan fingerprint density at radius 1 is 0.886 bits per heavy atom. The molecule has 2 aromatic rings. The van der Waals surface area contributed by atoms with Crippen LogP contribution in [0, 0.1) is 0 Å². The Morgan fingerprint density at radius 3 is 2.03 bits per heavy atom. The Hall–Kier alpha value is -3.19. The van der Waals surface area contributed by atoms with E-state index in [1.54, 1.807) is 0 Å². The number of unbranched alkanes of at least 4 members (excludes halogenated alkanes) is 1. The molecular weight excluding hydrogens is 442 g/mol. The highest BCUT2D eigenvalue weighted by Crippen LogP contribution is 2.08. The maximum Gasteiger partial charge on any atom is 0.328 e. The van der Waals surface area contributed by atoms with E-state index in [9.17, 15) is 14.4 Å². The Kier molecular flexibility index (Phi) is 11.8. The Labute approximate surface area is 210 Å². The molecule has 0 fully saturated rings. The number of rotatable bonds is 15. The largest absolute Gasteiger partial charge is 0.467 e. The normalized spacial score (nSPS) is 12.9. The smallest absolute Gasteiger partial charge is 0.328 e. The van der Waals surface area contributed by atoms with E-state index in [0.29, 0.717) is 26.3 Å². The molecule has 0 heterocycles. The van der Waals surface area contributed by atoms with Crippen molar-refractivity contribution in [2.75, 3.05) is 26.7 Å². The minimum Gasteiger partial charge on any atom is -0.467 e. The van der Waals surface area contributed by atoms with Crippen molar-refractivity contribution in [3.63, 3.8) is 0 Å². The van der Waals surface area contributed by atoms with Gasteiger partial charge in [0.25, 0.3) is 0 Å². The van der Waals surface area contributed by atoms with Crippen LogP contribution < -0.4 is 10.6 Å². The van der Waals surface area contributed by atoms with Crippen LogP contribution in [-0.4, -0.2) is 61.5 Å². The van der Waals surface area contributed by atoms with Gasteiger partial charge in [-0.05, 0) is 37.1 Å². The number of methoxy groups -OCH3 is 1. The molecule has 0 aliphatic heterocycles. The second-order valence-corrected chi connectivity index (χ2v) is 8.57. The van der Waals surface area contributed by atoms with Gasteiger partial charge in [-0.25, -0.2) is 4.79 Å². The third kappa shape index (κ3) is 10.3. The molecule has 7 heteroatoms. The van der Waals surface area contributed by atoms with E-state index in [-0.39, 0.29) is 18.9 Å². The SMILES string of the molecule is [2H]CCCN(CCCC)CC(=O)N[C@H](Cc1ccccc1)C(=O)N[C@H](Cc1ccccc1)C(=O)OC. The zero-order valence-corrected chi connectivity index (χ0v) is 20.9. The topological polar surface area (TPSA) is 87.7 Å². The van der Waals surface area contributed by atoms with Crippen LogP contribution in [-0.2, 0) is 32.0 Å². The van der Waals surface area contributed by atoms with Gasteiger partial charge in [-0.15, -0.1) is 0 Å². The summed E-state index contributed by atoms with van der Waals surface area (Å²) in [7, 11) is 1.29. The molecule has 0 saturated heterocycles. The van der Waals surface area contributed by atoms with Crippen molar-refractivity contribution < 1.29 is 20.5 Å². The van der Waals surface area contributed by atoms with Crippen LogP contribution in [0.1, 0.15) is 45.6 Å². The lowest BCUT2D eigenvalue weighted by molar-refractivity contribution is -0.145. The molecule has 2 atom stereocenters. The van der Waals surface area contributed by atoms with Gasteiger partial charge >= 0.3 is 5.97 Å². The number of carbonyl (C=O) groups excluding carboxylic acids is 3.